The number of benzene rings is 3. The van der Waals surface area contributed by atoms with E-state index in [0.29, 0.717) is 33.8 Å². The maximum absolute atomic E-state index is 12.3. The molecule has 3 aromatic carbocycles. The molecule has 3 rings (SSSR count). The molecule has 0 amide bonds. The van der Waals surface area contributed by atoms with E-state index in [1.165, 1.54) is 54.8 Å². The van der Waals surface area contributed by atoms with E-state index in [2.05, 4.69) is 0 Å². The van der Waals surface area contributed by atoms with Crippen LogP contribution in [0.15, 0.2) is 48.5 Å². The van der Waals surface area contributed by atoms with Crippen LogP contribution in [0.4, 0.5) is 0 Å². The van der Waals surface area contributed by atoms with E-state index >= 15 is 0 Å². The Morgan fingerprint density at radius 1 is 0.421 bits per heavy atom. The Labute approximate surface area is 219 Å². The number of esters is 4. The van der Waals surface area contributed by atoms with Gasteiger partial charge in [-0.25, -0.2) is 19.2 Å². The molecule has 0 N–H and O–H groups in total. The maximum Gasteiger partial charge on any atom is 0.337 e. The third kappa shape index (κ3) is 5.59. The van der Waals surface area contributed by atoms with Crippen molar-refractivity contribution in [2.45, 2.75) is 0 Å². The van der Waals surface area contributed by atoms with Gasteiger partial charge >= 0.3 is 23.9 Å². The Morgan fingerprint density at radius 2 is 0.684 bits per heavy atom. The lowest BCUT2D eigenvalue weighted by atomic mass is 9.94. The van der Waals surface area contributed by atoms with Crippen molar-refractivity contribution in [3.8, 4) is 33.8 Å². The largest absolute Gasteiger partial charge is 0.496 e. The van der Waals surface area contributed by atoms with Crippen molar-refractivity contribution in [1.29, 1.82) is 0 Å². The summed E-state index contributed by atoms with van der Waals surface area (Å²) >= 11 is 0. The lowest BCUT2D eigenvalue weighted by molar-refractivity contribution is 0.0581. The third-order valence-electron chi connectivity index (χ3n) is 5.69. The fourth-order valence-corrected chi connectivity index (χ4v) is 3.86. The van der Waals surface area contributed by atoms with Gasteiger partial charge in [0.15, 0.2) is 0 Å². The third-order valence-corrected chi connectivity index (χ3v) is 5.69. The Bertz CT molecular complexity index is 1230. The van der Waals surface area contributed by atoms with Gasteiger partial charge in [-0.1, -0.05) is 0 Å². The number of hydrogen-bond acceptors (Lipinski definition) is 10. The van der Waals surface area contributed by atoms with E-state index in [-0.39, 0.29) is 22.3 Å². The summed E-state index contributed by atoms with van der Waals surface area (Å²) in [6.07, 6.45) is 0. The second-order valence-corrected chi connectivity index (χ2v) is 7.82. The van der Waals surface area contributed by atoms with Gasteiger partial charge in [0.2, 0.25) is 0 Å². The normalized spacial score (nSPS) is 10.3. The lowest BCUT2D eigenvalue weighted by Gasteiger charge is -2.17. The van der Waals surface area contributed by atoms with Gasteiger partial charge < -0.3 is 28.4 Å². The summed E-state index contributed by atoms with van der Waals surface area (Å²) in [4.78, 5) is 49.2. The van der Waals surface area contributed by atoms with Gasteiger partial charge in [0.05, 0.1) is 64.9 Å². The molecular formula is C28H26O10. The summed E-state index contributed by atoms with van der Waals surface area (Å²) in [5.41, 5.74) is 2.39. The topological polar surface area (TPSA) is 124 Å². The van der Waals surface area contributed by atoms with Crippen molar-refractivity contribution in [3.63, 3.8) is 0 Å². The van der Waals surface area contributed by atoms with E-state index < -0.39 is 23.9 Å². The fraction of sp³-hybridized carbons (Fsp3) is 0.214. The molecule has 0 aliphatic carbocycles. The first kappa shape index (κ1) is 27.7. The lowest BCUT2D eigenvalue weighted by Crippen LogP contribution is -2.08. The van der Waals surface area contributed by atoms with Gasteiger partial charge in [-0.3, -0.25) is 0 Å². The average Bonchev–Trinajstić information content (AvgIpc) is 2.97. The Hall–Kier alpha value is -4.86. The standard InChI is InChI=1S/C28H26O10/c1-33-23-13-22(16-9-19(27(31)37-5)12-20(10-16)28(32)38-6)24(34-2)14-21(23)15-7-17(25(29)35-3)11-18(8-15)26(30)36-4/h7-14H,1-6H3. The first-order chi connectivity index (χ1) is 18.2. The van der Waals surface area contributed by atoms with Crippen LogP contribution in [0, 0.1) is 0 Å². The molecule has 10 heteroatoms. The Kier molecular flexibility index (Phi) is 8.69. The molecule has 0 aromatic heterocycles. The molecule has 0 saturated carbocycles. The highest BCUT2D eigenvalue weighted by atomic mass is 16.5. The minimum absolute atomic E-state index is 0.129. The molecule has 0 saturated heterocycles. The molecular weight excluding hydrogens is 496 g/mol. The van der Waals surface area contributed by atoms with Crippen molar-refractivity contribution in [1.82, 2.24) is 0 Å². The smallest absolute Gasteiger partial charge is 0.337 e. The van der Waals surface area contributed by atoms with Crippen LogP contribution in [0.25, 0.3) is 22.3 Å². The first-order valence-electron chi connectivity index (χ1n) is 11.1. The highest BCUT2D eigenvalue weighted by molar-refractivity contribution is 5.99. The molecule has 198 valence electrons. The quantitative estimate of drug-likeness (QED) is 0.314. The summed E-state index contributed by atoms with van der Waals surface area (Å²) in [6, 6.07) is 12.2. The van der Waals surface area contributed by atoms with Gasteiger partial charge in [-0.05, 0) is 59.7 Å². The molecule has 0 radical (unpaired) electrons. The zero-order valence-electron chi connectivity index (χ0n) is 21.7. The summed E-state index contributed by atoms with van der Waals surface area (Å²) in [6.45, 7) is 0. The molecule has 0 unspecified atom stereocenters. The van der Waals surface area contributed by atoms with Crippen LogP contribution in [-0.2, 0) is 18.9 Å². The molecule has 38 heavy (non-hydrogen) atoms. The number of methoxy groups -OCH3 is 6. The highest BCUT2D eigenvalue weighted by Gasteiger charge is 2.21. The molecule has 0 spiro atoms. The van der Waals surface area contributed by atoms with E-state index in [9.17, 15) is 19.2 Å². The molecule has 0 aliphatic heterocycles. The van der Waals surface area contributed by atoms with Gasteiger partial charge in [0, 0.05) is 11.1 Å². The predicted molar refractivity (Wildman–Crippen MR) is 136 cm³/mol. The van der Waals surface area contributed by atoms with Crippen LogP contribution in [0.5, 0.6) is 11.5 Å². The summed E-state index contributed by atoms with van der Waals surface area (Å²) < 4.78 is 30.6. The van der Waals surface area contributed by atoms with E-state index in [1.54, 1.807) is 36.4 Å². The predicted octanol–water partition coefficient (Wildman–Crippen LogP) is 4.18. The van der Waals surface area contributed by atoms with E-state index in [4.69, 9.17) is 28.4 Å². The first-order valence-corrected chi connectivity index (χ1v) is 11.1. The zero-order valence-corrected chi connectivity index (χ0v) is 21.7. The van der Waals surface area contributed by atoms with Crippen LogP contribution in [0.2, 0.25) is 0 Å². The molecule has 0 fully saturated rings. The molecule has 0 heterocycles. The minimum Gasteiger partial charge on any atom is -0.496 e. The van der Waals surface area contributed by atoms with Crippen LogP contribution in [-0.4, -0.2) is 66.5 Å². The number of ether oxygens (including phenoxy) is 6. The summed E-state index contributed by atoms with van der Waals surface area (Å²) in [7, 11) is 7.83. The average molecular weight is 523 g/mol. The number of carbonyl (C=O) groups excluding carboxylic acids is 4. The van der Waals surface area contributed by atoms with E-state index in [0.717, 1.165) is 0 Å². The number of hydrogen-bond donors (Lipinski definition) is 0. The van der Waals surface area contributed by atoms with Gasteiger partial charge in [-0.15, -0.1) is 0 Å². The van der Waals surface area contributed by atoms with Gasteiger partial charge in [-0.2, -0.15) is 0 Å². The van der Waals surface area contributed by atoms with E-state index in [1.807, 2.05) is 0 Å². The highest BCUT2D eigenvalue weighted by Crippen LogP contribution is 2.42. The molecule has 0 aliphatic rings. The van der Waals surface area contributed by atoms with Crippen molar-refractivity contribution in [3.05, 3.63) is 70.8 Å². The van der Waals surface area contributed by atoms with Crippen LogP contribution < -0.4 is 9.47 Å². The number of rotatable bonds is 8. The van der Waals surface area contributed by atoms with Crippen LogP contribution >= 0.6 is 0 Å². The second kappa shape index (κ2) is 11.9. The minimum atomic E-state index is -0.644. The van der Waals surface area contributed by atoms with Crippen molar-refractivity contribution in [2.24, 2.45) is 0 Å². The summed E-state index contributed by atoms with van der Waals surface area (Å²) in [5.74, 6) is -1.88. The van der Waals surface area contributed by atoms with Crippen LogP contribution in [0.3, 0.4) is 0 Å². The monoisotopic (exact) mass is 522 g/mol. The fourth-order valence-electron chi connectivity index (χ4n) is 3.86. The Morgan fingerprint density at radius 3 is 0.895 bits per heavy atom. The molecule has 0 bridgehead atoms. The van der Waals surface area contributed by atoms with Crippen molar-refractivity contribution >= 4 is 23.9 Å². The van der Waals surface area contributed by atoms with Gasteiger partial charge in [0.1, 0.15) is 11.5 Å². The maximum atomic E-state index is 12.3. The van der Waals surface area contributed by atoms with Crippen molar-refractivity contribution in [2.75, 3.05) is 42.7 Å². The van der Waals surface area contributed by atoms with Crippen LogP contribution in [0.1, 0.15) is 41.4 Å². The van der Waals surface area contributed by atoms with Gasteiger partial charge in [0.25, 0.3) is 0 Å². The summed E-state index contributed by atoms with van der Waals surface area (Å²) in [5, 5.41) is 0. The molecule has 10 nitrogen and oxygen atoms in total. The Balaban J connectivity index is 2.29. The van der Waals surface area contributed by atoms with Crippen molar-refractivity contribution < 1.29 is 47.6 Å². The zero-order chi connectivity index (χ0) is 28.0. The number of carbonyl (C=O) groups is 4. The second-order valence-electron chi connectivity index (χ2n) is 7.82. The molecule has 0 atom stereocenters. The molecule has 3 aromatic rings. The SMILES string of the molecule is COC(=O)c1cc(C(=O)OC)cc(-c2cc(OC)c(-c3cc(C(=O)OC)cc(C(=O)OC)c3)cc2OC)c1.